The second-order valence-corrected chi connectivity index (χ2v) is 9.40. The van der Waals surface area contributed by atoms with Gasteiger partial charge in [-0.25, -0.2) is 4.98 Å². The van der Waals surface area contributed by atoms with Gasteiger partial charge >= 0.3 is 0 Å². The lowest BCUT2D eigenvalue weighted by Gasteiger charge is -2.22. The Balaban J connectivity index is 1.51. The Morgan fingerprint density at radius 3 is 2.88 bits per heavy atom. The van der Waals surface area contributed by atoms with Crippen molar-refractivity contribution in [2.45, 2.75) is 30.3 Å². The van der Waals surface area contributed by atoms with E-state index in [1.165, 1.54) is 17.3 Å². The predicted octanol–water partition coefficient (Wildman–Crippen LogP) is 4.76. The molecule has 2 aromatic heterocycles. The monoisotopic (exact) mass is 465 g/mol. The summed E-state index contributed by atoms with van der Waals surface area (Å²) in [5.41, 5.74) is 2.44. The van der Waals surface area contributed by atoms with Crippen molar-refractivity contribution in [3.8, 4) is 0 Å². The van der Waals surface area contributed by atoms with E-state index in [9.17, 15) is 9.59 Å². The van der Waals surface area contributed by atoms with Crippen LogP contribution in [-0.2, 0) is 17.8 Å². The fourth-order valence-electron chi connectivity index (χ4n) is 3.96. The van der Waals surface area contributed by atoms with Crippen molar-refractivity contribution in [2.24, 2.45) is 0 Å². The van der Waals surface area contributed by atoms with Crippen LogP contribution >= 0.6 is 23.4 Å². The number of aromatic nitrogens is 2. The number of para-hydroxylation sites is 1. The minimum Gasteiger partial charge on any atom is -0.467 e. The zero-order valence-corrected chi connectivity index (χ0v) is 18.9. The molecule has 1 atom stereocenters. The van der Waals surface area contributed by atoms with E-state index >= 15 is 0 Å². The molecule has 1 amide bonds. The van der Waals surface area contributed by atoms with Crippen molar-refractivity contribution in [1.82, 2.24) is 9.55 Å². The number of fused-ring (bicyclic) bond motifs is 2. The minimum absolute atomic E-state index is 0.00932. The van der Waals surface area contributed by atoms with Crippen LogP contribution in [0, 0.1) is 0 Å². The summed E-state index contributed by atoms with van der Waals surface area (Å²) in [5, 5.41) is 0.988. The van der Waals surface area contributed by atoms with Crippen LogP contribution in [0.3, 0.4) is 0 Å². The highest BCUT2D eigenvalue weighted by Crippen LogP contribution is 2.31. The molecule has 0 fully saturated rings. The van der Waals surface area contributed by atoms with Gasteiger partial charge in [0.25, 0.3) is 5.56 Å². The third-order valence-electron chi connectivity index (χ3n) is 5.56. The van der Waals surface area contributed by atoms with Gasteiger partial charge in [-0.1, -0.05) is 41.6 Å². The first-order chi connectivity index (χ1) is 15.5. The molecule has 0 saturated heterocycles. The Kier molecular flexibility index (Phi) is 5.53. The first-order valence-corrected chi connectivity index (χ1v) is 11.6. The molecule has 162 valence electrons. The van der Waals surface area contributed by atoms with Crippen LogP contribution in [-0.4, -0.2) is 27.3 Å². The van der Waals surface area contributed by atoms with Gasteiger partial charge in [-0.05, 0) is 55.3 Å². The minimum atomic E-state index is -0.437. The van der Waals surface area contributed by atoms with Gasteiger partial charge in [-0.2, -0.15) is 0 Å². The lowest BCUT2D eigenvalue weighted by Crippen LogP contribution is -2.35. The highest BCUT2D eigenvalue weighted by atomic mass is 35.5. The van der Waals surface area contributed by atoms with Crippen LogP contribution < -0.4 is 10.5 Å². The largest absolute Gasteiger partial charge is 0.467 e. The summed E-state index contributed by atoms with van der Waals surface area (Å²) in [6.07, 6.45) is 2.41. The number of anilines is 1. The first-order valence-electron chi connectivity index (χ1n) is 10.3. The molecule has 0 saturated carbocycles. The fourth-order valence-corrected chi connectivity index (χ4v) is 5.09. The normalized spacial score (nSPS) is 14.0. The second-order valence-electron chi connectivity index (χ2n) is 7.66. The number of hydrogen-bond acceptors (Lipinski definition) is 5. The molecule has 1 unspecified atom stereocenters. The fraction of sp³-hybridized carbons (Fsp3) is 0.208. The number of benzene rings is 2. The van der Waals surface area contributed by atoms with Gasteiger partial charge in [0, 0.05) is 17.3 Å². The highest BCUT2D eigenvalue weighted by molar-refractivity contribution is 8.00. The Morgan fingerprint density at radius 2 is 2.06 bits per heavy atom. The molecule has 0 spiro atoms. The van der Waals surface area contributed by atoms with E-state index in [0.717, 1.165) is 12.1 Å². The quantitative estimate of drug-likeness (QED) is 0.314. The lowest BCUT2D eigenvalue weighted by atomic mass is 10.2. The number of furan rings is 1. The van der Waals surface area contributed by atoms with Gasteiger partial charge in [0.2, 0.25) is 5.91 Å². The smallest absolute Gasteiger partial charge is 0.262 e. The molecule has 4 aromatic rings. The van der Waals surface area contributed by atoms with Crippen molar-refractivity contribution >= 4 is 45.9 Å². The standard InChI is InChI=1S/C24H20ClN3O3S/c1-15(22(29)27-11-10-16-5-2-3-7-21(16)27)32-24-26-20-13-17(25)8-9-19(20)23(30)28(24)14-18-6-4-12-31-18/h2-9,12-13,15H,10-11,14H2,1H3. The molecule has 6 nitrogen and oxygen atoms in total. The van der Waals surface area contributed by atoms with Crippen molar-refractivity contribution in [3.05, 3.63) is 87.6 Å². The third kappa shape index (κ3) is 3.82. The molecular weight excluding hydrogens is 446 g/mol. The van der Waals surface area contributed by atoms with Crippen LogP contribution in [0.4, 0.5) is 5.69 Å². The van der Waals surface area contributed by atoms with Gasteiger partial charge in [0.1, 0.15) is 5.76 Å². The molecular formula is C24H20ClN3O3S. The maximum atomic E-state index is 13.3. The van der Waals surface area contributed by atoms with E-state index in [0.29, 0.717) is 33.4 Å². The number of thioether (sulfide) groups is 1. The first kappa shape index (κ1) is 20.8. The molecule has 1 aliphatic heterocycles. The van der Waals surface area contributed by atoms with Crippen LogP contribution in [0.1, 0.15) is 18.2 Å². The average molecular weight is 466 g/mol. The predicted molar refractivity (Wildman–Crippen MR) is 127 cm³/mol. The van der Waals surface area contributed by atoms with Crippen LogP contribution in [0.5, 0.6) is 0 Å². The van der Waals surface area contributed by atoms with E-state index in [1.807, 2.05) is 36.1 Å². The zero-order chi connectivity index (χ0) is 22.2. The lowest BCUT2D eigenvalue weighted by molar-refractivity contribution is -0.117. The number of halogens is 1. The topological polar surface area (TPSA) is 68.3 Å². The highest BCUT2D eigenvalue weighted by Gasteiger charge is 2.29. The van der Waals surface area contributed by atoms with Gasteiger partial charge in [-0.3, -0.25) is 14.2 Å². The molecule has 1 aliphatic rings. The number of amides is 1. The Labute approximate surface area is 193 Å². The maximum Gasteiger partial charge on any atom is 0.262 e. The second kappa shape index (κ2) is 8.48. The van der Waals surface area contributed by atoms with E-state index < -0.39 is 5.25 Å². The van der Waals surface area contributed by atoms with E-state index in [-0.39, 0.29) is 18.0 Å². The molecule has 32 heavy (non-hydrogen) atoms. The number of carbonyl (C=O) groups is 1. The number of nitrogens with zero attached hydrogens (tertiary/aromatic N) is 3. The molecule has 2 aromatic carbocycles. The summed E-state index contributed by atoms with van der Waals surface area (Å²) in [6, 6.07) is 16.6. The van der Waals surface area contributed by atoms with Crippen LogP contribution in [0.2, 0.25) is 5.02 Å². The molecule has 0 aliphatic carbocycles. The summed E-state index contributed by atoms with van der Waals surface area (Å²) in [6.45, 7) is 2.73. The summed E-state index contributed by atoms with van der Waals surface area (Å²) < 4.78 is 7.02. The molecule has 0 bridgehead atoms. The number of hydrogen-bond donors (Lipinski definition) is 0. The van der Waals surface area contributed by atoms with E-state index in [2.05, 4.69) is 6.07 Å². The SMILES string of the molecule is CC(Sc1nc2cc(Cl)ccc2c(=O)n1Cc1ccco1)C(=O)N1CCc2ccccc21. The van der Waals surface area contributed by atoms with E-state index in [1.54, 1.807) is 35.1 Å². The van der Waals surface area contributed by atoms with Gasteiger partial charge in [-0.15, -0.1) is 0 Å². The van der Waals surface area contributed by atoms with E-state index in [4.69, 9.17) is 21.0 Å². The van der Waals surface area contributed by atoms with Crippen molar-refractivity contribution < 1.29 is 9.21 Å². The maximum absolute atomic E-state index is 13.3. The number of rotatable bonds is 5. The average Bonchev–Trinajstić information content (AvgIpc) is 3.45. The summed E-state index contributed by atoms with van der Waals surface area (Å²) in [5.74, 6) is 0.626. The van der Waals surface area contributed by atoms with Crippen LogP contribution in [0.25, 0.3) is 10.9 Å². The van der Waals surface area contributed by atoms with Crippen molar-refractivity contribution in [2.75, 3.05) is 11.4 Å². The number of carbonyl (C=O) groups excluding carboxylic acids is 1. The summed E-state index contributed by atoms with van der Waals surface area (Å²) in [7, 11) is 0. The zero-order valence-electron chi connectivity index (χ0n) is 17.3. The molecule has 3 heterocycles. The van der Waals surface area contributed by atoms with Crippen molar-refractivity contribution in [3.63, 3.8) is 0 Å². The third-order valence-corrected chi connectivity index (χ3v) is 6.87. The van der Waals surface area contributed by atoms with Gasteiger partial charge in [0.15, 0.2) is 5.16 Å². The van der Waals surface area contributed by atoms with Gasteiger partial charge in [0.05, 0.1) is 29.0 Å². The molecule has 0 N–H and O–H groups in total. The molecule has 5 rings (SSSR count). The molecule has 0 radical (unpaired) electrons. The molecule has 8 heteroatoms. The summed E-state index contributed by atoms with van der Waals surface area (Å²) in [4.78, 5) is 33.1. The Hall–Kier alpha value is -3.03. The van der Waals surface area contributed by atoms with Crippen molar-refractivity contribution in [1.29, 1.82) is 0 Å². The summed E-state index contributed by atoms with van der Waals surface area (Å²) >= 11 is 7.41. The Morgan fingerprint density at radius 1 is 1.22 bits per heavy atom. The van der Waals surface area contributed by atoms with Gasteiger partial charge < -0.3 is 9.32 Å². The Bertz CT molecular complexity index is 1370. The van der Waals surface area contributed by atoms with Crippen LogP contribution in [0.15, 0.2) is 75.2 Å².